The van der Waals surface area contributed by atoms with E-state index < -0.39 is 28.5 Å². The van der Waals surface area contributed by atoms with Crippen LogP contribution in [0.4, 0.5) is 5.69 Å². The van der Waals surface area contributed by atoms with Crippen molar-refractivity contribution in [3.63, 3.8) is 0 Å². The zero-order valence-electron chi connectivity index (χ0n) is 25.2. The van der Waals surface area contributed by atoms with Crippen LogP contribution in [0.25, 0.3) is 0 Å². The molecule has 7 nitrogen and oxygen atoms in total. The molecule has 0 bridgehead atoms. The predicted molar refractivity (Wildman–Crippen MR) is 179 cm³/mol. The van der Waals surface area contributed by atoms with Gasteiger partial charge in [0.05, 0.1) is 10.6 Å². The number of benzene rings is 4. The number of hydrogen-bond acceptors (Lipinski definition) is 4. The van der Waals surface area contributed by atoms with Crippen LogP contribution in [-0.2, 0) is 32.6 Å². The first-order valence-electron chi connectivity index (χ1n) is 14.6. The highest BCUT2D eigenvalue weighted by atomic mass is 79.9. The molecular formula is C35H38BrN3O4S. The number of amides is 2. The maximum absolute atomic E-state index is 14.5. The maximum Gasteiger partial charge on any atom is 0.264 e. The number of anilines is 1. The van der Waals surface area contributed by atoms with Crippen molar-refractivity contribution in [3.8, 4) is 0 Å². The molecule has 0 heterocycles. The largest absolute Gasteiger partial charge is 0.352 e. The summed E-state index contributed by atoms with van der Waals surface area (Å²) in [7, 11) is -4.13. The van der Waals surface area contributed by atoms with E-state index >= 15 is 0 Å². The first-order valence-corrected chi connectivity index (χ1v) is 16.8. The normalized spacial score (nSPS) is 12.6. The Morgan fingerprint density at radius 3 is 2.00 bits per heavy atom. The summed E-state index contributed by atoms with van der Waals surface area (Å²) >= 11 is 3.41. The molecule has 0 spiro atoms. The van der Waals surface area contributed by atoms with Crippen LogP contribution in [0.15, 0.2) is 119 Å². The number of rotatable bonds is 13. The number of sulfonamides is 1. The Hall–Kier alpha value is -3.95. The third-order valence-electron chi connectivity index (χ3n) is 7.47. The summed E-state index contributed by atoms with van der Waals surface area (Å²) in [5.74, 6) is -0.780. The zero-order chi connectivity index (χ0) is 31.7. The predicted octanol–water partition coefficient (Wildman–Crippen LogP) is 6.51. The number of hydrogen-bond donors (Lipinski definition) is 1. The van der Waals surface area contributed by atoms with Crippen molar-refractivity contribution < 1.29 is 18.0 Å². The van der Waals surface area contributed by atoms with Gasteiger partial charge in [0.2, 0.25) is 11.8 Å². The van der Waals surface area contributed by atoms with E-state index in [4.69, 9.17) is 0 Å². The summed E-state index contributed by atoms with van der Waals surface area (Å²) in [4.78, 5) is 29.9. The Bertz CT molecular complexity index is 1630. The van der Waals surface area contributed by atoms with E-state index in [0.29, 0.717) is 5.69 Å². The Labute approximate surface area is 269 Å². The van der Waals surface area contributed by atoms with Gasteiger partial charge in [-0.05, 0) is 67.8 Å². The summed E-state index contributed by atoms with van der Waals surface area (Å²) in [5.41, 5.74) is 3.13. The number of nitrogens with one attached hydrogen (secondary N) is 1. The molecule has 9 heteroatoms. The number of carbonyl (C=O) groups excluding carboxylic acids is 2. The van der Waals surface area contributed by atoms with Gasteiger partial charge >= 0.3 is 0 Å². The highest BCUT2D eigenvalue weighted by Gasteiger charge is 2.35. The quantitative estimate of drug-likeness (QED) is 0.175. The van der Waals surface area contributed by atoms with Crippen molar-refractivity contribution in [1.82, 2.24) is 10.2 Å². The molecule has 0 fully saturated rings. The topological polar surface area (TPSA) is 86.8 Å². The van der Waals surface area contributed by atoms with Gasteiger partial charge in [0.25, 0.3) is 10.0 Å². The van der Waals surface area contributed by atoms with Crippen LogP contribution < -0.4 is 9.62 Å². The molecule has 4 aromatic rings. The SMILES string of the molecule is CC[C@@H](C)NC(=O)[C@H](Cc1ccccc1)N(Cc1ccc(C)cc1)C(=O)CN(c1ccc(Br)cc1)S(=O)(=O)c1ccccc1. The van der Waals surface area contributed by atoms with Gasteiger partial charge in [0.15, 0.2) is 0 Å². The highest BCUT2D eigenvalue weighted by molar-refractivity contribution is 9.10. The molecule has 2 atom stereocenters. The molecule has 0 saturated heterocycles. The average Bonchev–Trinajstić information content (AvgIpc) is 3.03. The van der Waals surface area contributed by atoms with Crippen molar-refractivity contribution in [1.29, 1.82) is 0 Å². The van der Waals surface area contributed by atoms with Crippen LogP contribution in [0.2, 0.25) is 0 Å². The van der Waals surface area contributed by atoms with Crippen molar-refractivity contribution >= 4 is 43.5 Å². The third-order valence-corrected chi connectivity index (χ3v) is 9.79. The zero-order valence-corrected chi connectivity index (χ0v) is 27.6. The second kappa shape index (κ2) is 15.2. The third kappa shape index (κ3) is 8.57. The lowest BCUT2D eigenvalue weighted by atomic mass is 10.0. The molecule has 4 rings (SSSR count). The number of halogens is 1. The van der Waals surface area contributed by atoms with E-state index in [1.54, 1.807) is 42.5 Å². The molecular weight excluding hydrogens is 638 g/mol. The summed E-state index contributed by atoms with van der Waals surface area (Å²) in [6.45, 7) is 5.52. The van der Waals surface area contributed by atoms with Crippen molar-refractivity contribution in [2.75, 3.05) is 10.8 Å². The first kappa shape index (κ1) is 33.0. The minimum Gasteiger partial charge on any atom is -0.352 e. The molecule has 44 heavy (non-hydrogen) atoms. The Kier molecular flexibility index (Phi) is 11.4. The fourth-order valence-corrected chi connectivity index (χ4v) is 6.44. The summed E-state index contributed by atoms with van der Waals surface area (Å²) in [6, 6.07) is 31.1. The van der Waals surface area contributed by atoms with Gasteiger partial charge in [-0.2, -0.15) is 0 Å². The van der Waals surface area contributed by atoms with Crippen LogP contribution in [0.5, 0.6) is 0 Å². The molecule has 4 aromatic carbocycles. The minimum absolute atomic E-state index is 0.0659. The molecule has 0 aliphatic rings. The first-order chi connectivity index (χ1) is 21.1. The molecule has 1 N–H and O–H groups in total. The lowest BCUT2D eigenvalue weighted by Gasteiger charge is -2.34. The standard InChI is InChI=1S/C35H38BrN3O4S/c1-4-27(3)37-35(41)33(23-28-11-7-5-8-12-28)38(24-29-17-15-26(2)16-18-29)34(40)25-39(31-21-19-30(36)20-22-31)44(42,43)32-13-9-6-10-14-32/h5-22,27,33H,4,23-25H2,1-3H3,(H,37,41)/t27-,33+/m1/s1. The second-order valence-electron chi connectivity index (χ2n) is 10.8. The van der Waals surface area contributed by atoms with Crippen LogP contribution in [0, 0.1) is 6.92 Å². The Morgan fingerprint density at radius 2 is 1.41 bits per heavy atom. The van der Waals surface area contributed by atoms with Gasteiger partial charge in [0.1, 0.15) is 12.6 Å². The number of nitrogens with zero attached hydrogens (tertiary/aromatic N) is 2. The molecule has 0 aliphatic carbocycles. The summed E-state index contributed by atoms with van der Waals surface area (Å²) < 4.78 is 29.9. The molecule has 0 radical (unpaired) electrons. The maximum atomic E-state index is 14.5. The van der Waals surface area contributed by atoms with Crippen LogP contribution in [-0.4, -0.2) is 43.8 Å². The smallest absolute Gasteiger partial charge is 0.264 e. The molecule has 0 saturated carbocycles. The molecule has 0 aromatic heterocycles. The summed E-state index contributed by atoms with van der Waals surface area (Å²) in [5, 5.41) is 3.06. The van der Waals surface area contributed by atoms with Gasteiger partial charge in [-0.25, -0.2) is 8.42 Å². The van der Waals surface area contributed by atoms with Gasteiger partial charge in [-0.1, -0.05) is 101 Å². The number of carbonyl (C=O) groups is 2. The minimum atomic E-state index is -4.13. The van der Waals surface area contributed by atoms with Crippen molar-refractivity contribution in [3.05, 3.63) is 130 Å². The van der Waals surface area contributed by atoms with Crippen LogP contribution in [0.3, 0.4) is 0 Å². The Morgan fingerprint density at radius 1 is 0.818 bits per heavy atom. The van der Waals surface area contributed by atoms with Gasteiger partial charge in [-0.3, -0.25) is 13.9 Å². The van der Waals surface area contributed by atoms with Gasteiger partial charge in [-0.15, -0.1) is 0 Å². The van der Waals surface area contributed by atoms with E-state index in [1.807, 2.05) is 75.4 Å². The number of aryl methyl sites for hydroxylation is 1. The van der Waals surface area contributed by atoms with E-state index in [9.17, 15) is 18.0 Å². The fourth-order valence-electron chi connectivity index (χ4n) is 4.74. The lowest BCUT2D eigenvalue weighted by molar-refractivity contribution is -0.140. The van der Waals surface area contributed by atoms with Crippen molar-refractivity contribution in [2.45, 2.75) is 57.1 Å². The van der Waals surface area contributed by atoms with Crippen LogP contribution in [0.1, 0.15) is 37.0 Å². The van der Waals surface area contributed by atoms with E-state index in [0.717, 1.165) is 31.9 Å². The lowest BCUT2D eigenvalue weighted by Crippen LogP contribution is -2.54. The summed E-state index contributed by atoms with van der Waals surface area (Å²) in [6.07, 6.45) is 0.993. The van der Waals surface area contributed by atoms with Gasteiger partial charge in [0, 0.05) is 23.5 Å². The molecule has 2 amide bonds. The fraction of sp³-hybridized carbons (Fsp3) is 0.257. The molecule has 230 valence electrons. The Balaban J connectivity index is 1.79. The molecule has 0 unspecified atom stereocenters. The van der Waals surface area contributed by atoms with Crippen LogP contribution >= 0.6 is 15.9 Å². The average molecular weight is 677 g/mol. The van der Waals surface area contributed by atoms with E-state index in [2.05, 4.69) is 21.2 Å². The van der Waals surface area contributed by atoms with E-state index in [-0.39, 0.29) is 29.8 Å². The highest BCUT2D eigenvalue weighted by Crippen LogP contribution is 2.26. The van der Waals surface area contributed by atoms with E-state index in [1.165, 1.54) is 17.0 Å². The monoisotopic (exact) mass is 675 g/mol. The van der Waals surface area contributed by atoms with Gasteiger partial charge < -0.3 is 10.2 Å². The second-order valence-corrected chi connectivity index (χ2v) is 13.6. The van der Waals surface area contributed by atoms with Crippen molar-refractivity contribution in [2.24, 2.45) is 0 Å². The molecule has 0 aliphatic heterocycles.